The van der Waals surface area contributed by atoms with Crippen molar-refractivity contribution in [2.75, 3.05) is 27.3 Å². The monoisotopic (exact) mass is 256 g/mol. The summed E-state index contributed by atoms with van der Waals surface area (Å²) < 4.78 is 5.26. The lowest BCUT2D eigenvalue weighted by Crippen LogP contribution is -2.42. The number of hydrogen-bond donors (Lipinski definition) is 1. The fourth-order valence-corrected chi connectivity index (χ4v) is 2.60. The summed E-state index contributed by atoms with van der Waals surface area (Å²) in [5.74, 6) is 0.266. The van der Waals surface area contributed by atoms with E-state index in [9.17, 15) is 4.79 Å². The van der Waals surface area contributed by atoms with E-state index in [1.807, 2.05) is 25.9 Å². The zero-order valence-corrected chi connectivity index (χ0v) is 12.1. The predicted molar refractivity (Wildman–Crippen MR) is 73.6 cm³/mol. The summed E-state index contributed by atoms with van der Waals surface area (Å²) in [5, 5.41) is 3.32. The van der Waals surface area contributed by atoms with E-state index in [2.05, 4.69) is 5.32 Å². The van der Waals surface area contributed by atoms with Gasteiger partial charge in [-0.05, 0) is 46.1 Å². The van der Waals surface area contributed by atoms with Crippen LogP contribution in [-0.2, 0) is 9.53 Å². The Hall–Kier alpha value is -0.610. The van der Waals surface area contributed by atoms with Crippen molar-refractivity contribution in [2.45, 2.75) is 57.5 Å². The molecule has 1 aliphatic carbocycles. The van der Waals surface area contributed by atoms with E-state index in [-0.39, 0.29) is 5.91 Å². The van der Waals surface area contributed by atoms with Crippen LogP contribution in [0.4, 0.5) is 0 Å². The normalized spacial score (nSPS) is 23.9. The SMILES string of the molecule is CCOCCCC(=O)N(C)C1CCC(NC)CC1. The molecule has 0 unspecified atom stereocenters. The Balaban J connectivity index is 2.22. The third-order valence-electron chi connectivity index (χ3n) is 3.93. The molecule has 0 saturated heterocycles. The molecule has 1 rings (SSSR count). The lowest BCUT2D eigenvalue weighted by atomic mass is 9.90. The van der Waals surface area contributed by atoms with Crippen molar-refractivity contribution < 1.29 is 9.53 Å². The second-order valence-corrected chi connectivity index (χ2v) is 5.10. The van der Waals surface area contributed by atoms with Gasteiger partial charge in [-0.2, -0.15) is 0 Å². The number of rotatable bonds is 7. The molecule has 0 heterocycles. The van der Waals surface area contributed by atoms with Crippen molar-refractivity contribution in [3.63, 3.8) is 0 Å². The van der Waals surface area contributed by atoms with E-state index in [4.69, 9.17) is 4.74 Å². The number of carbonyl (C=O) groups is 1. The lowest BCUT2D eigenvalue weighted by molar-refractivity contribution is -0.133. The van der Waals surface area contributed by atoms with Gasteiger partial charge in [-0.15, -0.1) is 0 Å². The molecule has 4 heteroatoms. The fraction of sp³-hybridized carbons (Fsp3) is 0.929. The van der Waals surface area contributed by atoms with Gasteiger partial charge in [0.1, 0.15) is 0 Å². The van der Waals surface area contributed by atoms with Gasteiger partial charge in [0.25, 0.3) is 0 Å². The van der Waals surface area contributed by atoms with Crippen LogP contribution in [0.2, 0.25) is 0 Å². The van der Waals surface area contributed by atoms with Crippen LogP contribution in [0, 0.1) is 0 Å². The van der Waals surface area contributed by atoms with Gasteiger partial charge in [-0.25, -0.2) is 0 Å². The second-order valence-electron chi connectivity index (χ2n) is 5.10. The molecule has 0 aromatic rings. The Morgan fingerprint density at radius 1 is 1.33 bits per heavy atom. The average Bonchev–Trinajstić information content (AvgIpc) is 2.42. The third-order valence-corrected chi connectivity index (χ3v) is 3.93. The van der Waals surface area contributed by atoms with Gasteiger partial charge in [0.2, 0.25) is 5.91 Å². The van der Waals surface area contributed by atoms with Crippen molar-refractivity contribution in [1.29, 1.82) is 0 Å². The maximum absolute atomic E-state index is 12.0. The van der Waals surface area contributed by atoms with Gasteiger partial charge >= 0.3 is 0 Å². The van der Waals surface area contributed by atoms with E-state index in [1.165, 1.54) is 12.8 Å². The minimum Gasteiger partial charge on any atom is -0.382 e. The average molecular weight is 256 g/mol. The van der Waals surface area contributed by atoms with E-state index < -0.39 is 0 Å². The number of nitrogens with one attached hydrogen (secondary N) is 1. The summed E-state index contributed by atoms with van der Waals surface area (Å²) in [5.41, 5.74) is 0. The molecule has 4 nitrogen and oxygen atoms in total. The highest BCUT2D eigenvalue weighted by Crippen LogP contribution is 2.22. The molecule has 0 atom stereocenters. The first-order valence-electron chi connectivity index (χ1n) is 7.19. The number of ether oxygens (including phenoxy) is 1. The third kappa shape index (κ3) is 4.94. The smallest absolute Gasteiger partial charge is 0.222 e. The number of nitrogens with zero attached hydrogens (tertiary/aromatic N) is 1. The zero-order chi connectivity index (χ0) is 13.4. The van der Waals surface area contributed by atoms with Crippen LogP contribution in [0.25, 0.3) is 0 Å². The van der Waals surface area contributed by atoms with Crippen molar-refractivity contribution in [3.05, 3.63) is 0 Å². The minimum absolute atomic E-state index is 0.266. The molecule has 0 radical (unpaired) electrons. The van der Waals surface area contributed by atoms with Gasteiger partial charge in [-0.1, -0.05) is 0 Å². The molecule has 1 saturated carbocycles. The highest BCUT2D eigenvalue weighted by molar-refractivity contribution is 5.76. The molecule has 0 aliphatic heterocycles. The van der Waals surface area contributed by atoms with Gasteiger partial charge < -0.3 is 15.0 Å². The Morgan fingerprint density at radius 2 is 2.00 bits per heavy atom. The van der Waals surface area contributed by atoms with Crippen molar-refractivity contribution in [3.8, 4) is 0 Å². The predicted octanol–water partition coefficient (Wildman–Crippen LogP) is 1.79. The summed E-state index contributed by atoms with van der Waals surface area (Å²) >= 11 is 0. The lowest BCUT2D eigenvalue weighted by Gasteiger charge is -2.34. The summed E-state index contributed by atoms with van der Waals surface area (Å²) in [4.78, 5) is 14.0. The highest BCUT2D eigenvalue weighted by Gasteiger charge is 2.25. The summed E-state index contributed by atoms with van der Waals surface area (Å²) in [7, 11) is 3.97. The number of hydrogen-bond acceptors (Lipinski definition) is 3. The Kier molecular flexibility index (Phi) is 7.28. The Bertz CT molecular complexity index is 238. The van der Waals surface area contributed by atoms with Crippen LogP contribution < -0.4 is 5.32 Å². The van der Waals surface area contributed by atoms with E-state index in [0.717, 1.165) is 25.9 Å². The number of amides is 1. The van der Waals surface area contributed by atoms with Crippen LogP contribution in [0.1, 0.15) is 45.4 Å². The zero-order valence-electron chi connectivity index (χ0n) is 12.1. The molecule has 0 aromatic heterocycles. The van der Waals surface area contributed by atoms with Crippen LogP contribution in [0.3, 0.4) is 0 Å². The van der Waals surface area contributed by atoms with Crippen molar-refractivity contribution in [2.24, 2.45) is 0 Å². The van der Waals surface area contributed by atoms with E-state index >= 15 is 0 Å². The van der Waals surface area contributed by atoms with Crippen LogP contribution >= 0.6 is 0 Å². The molecule has 1 amide bonds. The van der Waals surface area contributed by atoms with E-state index in [1.54, 1.807) is 0 Å². The van der Waals surface area contributed by atoms with Gasteiger partial charge in [0.05, 0.1) is 0 Å². The van der Waals surface area contributed by atoms with Gasteiger partial charge in [0, 0.05) is 38.8 Å². The minimum atomic E-state index is 0.266. The topological polar surface area (TPSA) is 41.6 Å². The first kappa shape index (κ1) is 15.4. The summed E-state index contributed by atoms with van der Waals surface area (Å²) in [6, 6.07) is 1.08. The maximum Gasteiger partial charge on any atom is 0.222 e. The van der Waals surface area contributed by atoms with Gasteiger partial charge in [-0.3, -0.25) is 4.79 Å². The summed E-state index contributed by atoms with van der Waals surface area (Å²) in [6.07, 6.45) is 6.05. The Labute approximate surface area is 111 Å². The molecule has 0 bridgehead atoms. The first-order chi connectivity index (χ1) is 8.69. The quantitative estimate of drug-likeness (QED) is 0.706. The molecule has 106 valence electrons. The molecule has 1 fully saturated rings. The van der Waals surface area contributed by atoms with Crippen LogP contribution in [0.15, 0.2) is 0 Å². The first-order valence-corrected chi connectivity index (χ1v) is 7.19. The van der Waals surface area contributed by atoms with Gasteiger partial charge in [0.15, 0.2) is 0 Å². The van der Waals surface area contributed by atoms with Crippen molar-refractivity contribution >= 4 is 5.91 Å². The van der Waals surface area contributed by atoms with Crippen LogP contribution in [-0.4, -0.2) is 50.2 Å². The fourth-order valence-electron chi connectivity index (χ4n) is 2.60. The summed E-state index contributed by atoms with van der Waals surface area (Å²) in [6.45, 7) is 3.41. The van der Waals surface area contributed by atoms with Crippen LogP contribution in [0.5, 0.6) is 0 Å². The largest absolute Gasteiger partial charge is 0.382 e. The molecule has 1 aliphatic rings. The Morgan fingerprint density at radius 3 is 2.56 bits per heavy atom. The molecular formula is C14H28N2O2. The molecule has 0 aromatic carbocycles. The number of carbonyl (C=O) groups excluding carboxylic acids is 1. The maximum atomic E-state index is 12.0. The second kappa shape index (κ2) is 8.48. The van der Waals surface area contributed by atoms with E-state index in [0.29, 0.717) is 25.1 Å². The molecule has 0 spiro atoms. The molecular weight excluding hydrogens is 228 g/mol. The molecule has 1 N–H and O–H groups in total. The highest BCUT2D eigenvalue weighted by atomic mass is 16.5. The standard InChI is InChI=1S/C14H28N2O2/c1-4-18-11-5-6-14(17)16(3)13-9-7-12(15-2)8-10-13/h12-13,15H,4-11H2,1-3H3. The molecule has 18 heavy (non-hydrogen) atoms. The van der Waals surface area contributed by atoms with Crippen molar-refractivity contribution in [1.82, 2.24) is 10.2 Å².